The lowest BCUT2D eigenvalue weighted by atomic mass is 10.1. The number of carbonyl (C=O) groups excluding carboxylic acids is 1. The Labute approximate surface area is 155 Å². The minimum Gasteiger partial charge on any atom is -0.462 e. The van der Waals surface area contributed by atoms with Gasteiger partial charge in [0.1, 0.15) is 13.1 Å². The number of esters is 1. The second-order valence-corrected chi connectivity index (χ2v) is 7.10. The van der Waals surface area contributed by atoms with E-state index in [1.165, 1.54) is 51.4 Å². The Kier molecular flexibility index (Phi) is 16.4. The van der Waals surface area contributed by atoms with Gasteiger partial charge in [-0.1, -0.05) is 58.3 Å². The number of aliphatic hydroxyl groups excluding tert-OH is 2. The summed E-state index contributed by atoms with van der Waals surface area (Å²) in [5, 5.41) is 18.8. The first-order chi connectivity index (χ1) is 12.1. The molecule has 0 rings (SSSR count). The molecule has 0 aliphatic heterocycles. The number of rotatable bonds is 18. The van der Waals surface area contributed by atoms with Gasteiger partial charge in [-0.2, -0.15) is 0 Å². The number of hydrogen-bond donors (Lipinski definition) is 2. The summed E-state index contributed by atoms with van der Waals surface area (Å²) in [7, 11) is 0. The second-order valence-electron chi connectivity index (χ2n) is 7.10. The van der Waals surface area contributed by atoms with Crippen molar-refractivity contribution in [1.82, 2.24) is 0 Å². The van der Waals surface area contributed by atoms with Crippen molar-refractivity contribution in [3.63, 3.8) is 0 Å². The number of quaternary nitrogens is 1. The van der Waals surface area contributed by atoms with Crippen LogP contribution in [0.5, 0.6) is 0 Å². The van der Waals surface area contributed by atoms with Crippen LogP contribution in [0, 0.1) is 0 Å². The van der Waals surface area contributed by atoms with Crippen LogP contribution in [0.2, 0.25) is 0 Å². The van der Waals surface area contributed by atoms with Crippen LogP contribution in [-0.4, -0.2) is 66.7 Å². The fourth-order valence-corrected chi connectivity index (χ4v) is 3.41. The second kappa shape index (κ2) is 16.8. The Morgan fingerprint density at radius 2 is 1.24 bits per heavy atom. The molecular formula is C20H42NO4+. The van der Waals surface area contributed by atoms with Crippen molar-refractivity contribution in [2.45, 2.75) is 78.1 Å². The van der Waals surface area contributed by atoms with Crippen LogP contribution in [0.3, 0.4) is 0 Å². The third-order valence-electron chi connectivity index (χ3n) is 4.90. The minimum atomic E-state index is -0.239. The quantitative estimate of drug-likeness (QED) is 0.224. The normalized spacial score (nSPS) is 11.7. The number of ether oxygens (including phenoxy) is 1. The monoisotopic (exact) mass is 360 g/mol. The highest BCUT2D eigenvalue weighted by atomic mass is 16.5. The van der Waals surface area contributed by atoms with Crippen LogP contribution >= 0.6 is 0 Å². The summed E-state index contributed by atoms with van der Waals surface area (Å²) in [6, 6.07) is 0. The molecule has 0 aromatic heterocycles. The lowest BCUT2D eigenvalue weighted by Gasteiger charge is -2.37. The average molecular weight is 361 g/mol. The molecule has 0 fully saturated rings. The largest absolute Gasteiger partial charge is 0.462 e. The van der Waals surface area contributed by atoms with Crippen molar-refractivity contribution in [3.8, 4) is 0 Å². The Balaban J connectivity index is 4.06. The van der Waals surface area contributed by atoms with E-state index in [9.17, 15) is 15.0 Å². The smallest absolute Gasteiger partial charge is 0.361 e. The van der Waals surface area contributed by atoms with Gasteiger partial charge in [-0.15, -0.1) is 0 Å². The van der Waals surface area contributed by atoms with Crippen LogP contribution in [-0.2, 0) is 9.53 Å². The molecule has 0 unspecified atom stereocenters. The lowest BCUT2D eigenvalue weighted by molar-refractivity contribution is -0.922. The zero-order chi connectivity index (χ0) is 18.8. The topological polar surface area (TPSA) is 66.8 Å². The summed E-state index contributed by atoms with van der Waals surface area (Å²) in [4.78, 5) is 11.9. The molecule has 5 nitrogen and oxygen atoms in total. The van der Waals surface area contributed by atoms with Gasteiger partial charge < -0.3 is 19.4 Å². The number of aliphatic hydroxyl groups is 2. The van der Waals surface area contributed by atoms with E-state index < -0.39 is 0 Å². The molecular weight excluding hydrogens is 318 g/mol. The molecule has 0 aromatic rings. The predicted octanol–water partition coefficient (Wildman–Crippen LogP) is 3.27. The Hall–Kier alpha value is -0.650. The van der Waals surface area contributed by atoms with Gasteiger partial charge in [-0.05, 0) is 19.8 Å². The van der Waals surface area contributed by atoms with Gasteiger partial charge in [-0.25, -0.2) is 4.79 Å². The van der Waals surface area contributed by atoms with Crippen molar-refractivity contribution < 1.29 is 24.2 Å². The zero-order valence-electron chi connectivity index (χ0n) is 16.7. The van der Waals surface area contributed by atoms with Crippen LogP contribution < -0.4 is 0 Å². The molecule has 0 bridgehead atoms. The lowest BCUT2D eigenvalue weighted by Crippen LogP contribution is -2.55. The fourth-order valence-electron chi connectivity index (χ4n) is 3.41. The predicted molar refractivity (Wildman–Crippen MR) is 102 cm³/mol. The first kappa shape index (κ1) is 24.4. The van der Waals surface area contributed by atoms with Gasteiger partial charge >= 0.3 is 5.97 Å². The highest BCUT2D eigenvalue weighted by Crippen LogP contribution is 2.14. The van der Waals surface area contributed by atoms with E-state index in [1.807, 2.05) is 0 Å². The van der Waals surface area contributed by atoms with Gasteiger partial charge in [0.25, 0.3) is 0 Å². The molecule has 0 amide bonds. The molecule has 0 aliphatic carbocycles. The molecule has 150 valence electrons. The SMILES string of the molecule is CCCCCCCCCCCC[N+](CCO)(CCO)CC(=O)OCC. The number of hydrogen-bond acceptors (Lipinski definition) is 4. The Morgan fingerprint density at radius 3 is 1.68 bits per heavy atom. The van der Waals surface area contributed by atoms with E-state index >= 15 is 0 Å². The molecule has 2 N–H and O–H groups in total. The molecule has 0 radical (unpaired) electrons. The van der Waals surface area contributed by atoms with Gasteiger partial charge in [-0.3, -0.25) is 0 Å². The third kappa shape index (κ3) is 13.2. The summed E-state index contributed by atoms with van der Waals surface area (Å²) >= 11 is 0. The molecule has 5 heteroatoms. The highest BCUT2D eigenvalue weighted by molar-refractivity contribution is 5.70. The van der Waals surface area contributed by atoms with Gasteiger partial charge in [0.05, 0.1) is 26.4 Å². The molecule has 0 aliphatic rings. The maximum absolute atomic E-state index is 11.9. The Bertz CT molecular complexity index is 304. The van der Waals surface area contributed by atoms with E-state index in [1.54, 1.807) is 6.92 Å². The summed E-state index contributed by atoms with van der Waals surface area (Å²) in [6.45, 7) is 6.51. The van der Waals surface area contributed by atoms with Gasteiger partial charge in [0.15, 0.2) is 6.54 Å². The van der Waals surface area contributed by atoms with Crippen molar-refractivity contribution in [1.29, 1.82) is 0 Å². The maximum atomic E-state index is 11.9. The van der Waals surface area contributed by atoms with Crippen molar-refractivity contribution in [2.75, 3.05) is 46.0 Å². The standard InChI is InChI=1S/C20H42NO4/c1-3-5-6-7-8-9-10-11-12-13-14-21(15-17-22,16-18-23)19-20(24)25-4-2/h22-23H,3-19H2,1-2H3/q+1. The third-order valence-corrected chi connectivity index (χ3v) is 4.90. The summed E-state index contributed by atoms with van der Waals surface area (Å²) < 4.78 is 5.51. The molecule has 25 heavy (non-hydrogen) atoms. The van der Waals surface area contributed by atoms with Crippen molar-refractivity contribution in [2.24, 2.45) is 0 Å². The molecule has 0 heterocycles. The summed E-state index contributed by atoms with van der Waals surface area (Å²) in [5.41, 5.74) is 0. The van der Waals surface area contributed by atoms with E-state index in [-0.39, 0.29) is 25.7 Å². The van der Waals surface area contributed by atoms with E-state index in [2.05, 4.69) is 6.92 Å². The summed E-state index contributed by atoms with van der Waals surface area (Å²) in [5.74, 6) is -0.239. The van der Waals surface area contributed by atoms with Gasteiger partial charge in [0, 0.05) is 0 Å². The van der Waals surface area contributed by atoms with Crippen LogP contribution in [0.25, 0.3) is 0 Å². The first-order valence-corrected chi connectivity index (χ1v) is 10.4. The number of unbranched alkanes of at least 4 members (excludes halogenated alkanes) is 9. The molecule has 0 aromatic carbocycles. The molecule has 0 spiro atoms. The zero-order valence-corrected chi connectivity index (χ0v) is 16.7. The van der Waals surface area contributed by atoms with Crippen molar-refractivity contribution in [3.05, 3.63) is 0 Å². The van der Waals surface area contributed by atoms with E-state index in [0.29, 0.717) is 24.2 Å². The van der Waals surface area contributed by atoms with Crippen LogP contribution in [0.4, 0.5) is 0 Å². The molecule has 0 atom stereocenters. The first-order valence-electron chi connectivity index (χ1n) is 10.4. The van der Waals surface area contributed by atoms with E-state index in [4.69, 9.17) is 4.74 Å². The number of carbonyl (C=O) groups is 1. The highest BCUT2D eigenvalue weighted by Gasteiger charge is 2.29. The van der Waals surface area contributed by atoms with E-state index in [0.717, 1.165) is 19.4 Å². The van der Waals surface area contributed by atoms with Crippen LogP contribution in [0.15, 0.2) is 0 Å². The fraction of sp³-hybridized carbons (Fsp3) is 0.950. The minimum absolute atomic E-state index is 0.0250. The number of nitrogens with zero attached hydrogens (tertiary/aromatic N) is 1. The molecule has 0 saturated carbocycles. The maximum Gasteiger partial charge on any atom is 0.361 e. The summed E-state index contributed by atoms with van der Waals surface area (Å²) in [6.07, 6.45) is 12.7. The Morgan fingerprint density at radius 1 is 0.760 bits per heavy atom. The van der Waals surface area contributed by atoms with Crippen LogP contribution in [0.1, 0.15) is 78.1 Å². The molecule has 0 saturated heterocycles. The average Bonchev–Trinajstić information content (AvgIpc) is 2.57. The van der Waals surface area contributed by atoms with Crippen molar-refractivity contribution >= 4 is 5.97 Å². The van der Waals surface area contributed by atoms with Gasteiger partial charge in [0.2, 0.25) is 0 Å².